The van der Waals surface area contributed by atoms with Crippen LogP contribution in [-0.2, 0) is 4.79 Å². The van der Waals surface area contributed by atoms with E-state index in [2.05, 4.69) is 27.7 Å². The Morgan fingerprint density at radius 2 is 2.33 bits per heavy atom. The molecule has 116 valence electrons. The van der Waals surface area contributed by atoms with E-state index in [1.54, 1.807) is 7.11 Å². The van der Waals surface area contributed by atoms with Gasteiger partial charge < -0.3 is 20.3 Å². The largest absolute Gasteiger partial charge is 0.497 e. The van der Waals surface area contributed by atoms with Gasteiger partial charge in [-0.1, -0.05) is 6.07 Å². The zero-order valence-corrected chi connectivity index (χ0v) is 12.9. The zero-order chi connectivity index (χ0) is 15.1. The first-order chi connectivity index (χ1) is 10.2. The van der Waals surface area contributed by atoms with E-state index in [0.717, 1.165) is 38.3 Å². The predicted octanol–water partition coefficient (Wildman–Crippen LogP) is 1.25. The standard InChI is InChI=1S/C16H25N3O2/c1-17-8-6-16(20)18-11-13-7-9-19(12-13)14-4-3-5-15(10-14)21-2/h3-5,10,13,17H,6-9,11-12H2,1-2H3,(H,18,20). The summed E-state index contributed by atoms with van der Waals surface area (Å²) in [6.45, 7) is 3.51. The molecule has 1 atom stereocenters. The number of nitrogens with one attached hydrogen (secondary N) is 2. The highest BCUT2D eigenvalue weighted by atomic mass is 16.5. The lowest BCUT2D eigenvalue weighted by Gasteiger charge is -2.19. The van der Waals surface area contributed by atoms with E-state index >= 15 is 0 Å². The van der Waals surface area contributed by atoms with Gasteiger partial charge in [0.15, 0.2) is 0 Å². The monoisotopic (exact) mass is 291 g/mol. The molecule has 2 rings (SSSR count). The van der Waals surface area contributed by atoms with Crippen molar-refractivity contribution in [2.45, 2.75) is 12.8 Å². The van der Waals surface area contributed by atoms with Crippen molar-refractivity contribution in [3.05, 3.63) is 24.3 Å². The topological polar surface area (TPSA) is 53.6 Å². The molecule has 1 saturated heterocycles. The van der Waals surface area contributed by atoms with Gasteiger partial charge in [-0.25, -0.2) is 0 Å². The summed E-state index contributed by atoms with van der Waals surface area (Å²) < 4.78 is 5.27. The molecule has 1 heterocycles. The van der Waals surface area contributed by atoms with Crippen LogP contribution in [0.15, 0.2) is 24.3 Å². The van der Waals surface area contributed by atoms with Crippen LogP contribution in [0.1, 0.15) is 12.8 Å². The molecule has 1 amide bonds. The minimum Gasteiger partial charge on any atom is -0.497 e. The second-order valence-electron chi connectivity index (χ2n) is 5.46. The number of hydrogen-bond donors (Lipinski definition) is 2. The maximum Gasteiger partial charge on any atom is 0.221 e. The van der Waals surface area contributed by atoms with Gasteiger partial charge >= 0.3 is 0 Å². The summed E-state index contributed by atoms with van der Waals surface area (Å²) in [6.07, 6.45) is 1.66. The predicted molar refractivity (Wildman–Crippen MR) is 84.9 cm³/mol. The van der Waals surface area contributed by atoms with Crippen LogP contribution in [0.4, 0.5) is 5.69 Å². The van der Waals surface area contributed by atoms with Crippen molar-refractivity contribution in [1.82, 2.24) is 10.6 Å². The number of benzene rings is 1. The number of methoxy groups -OCH3 is 1. The number of hydrogen-bond acceptors (Lipinski definition) is 4. The Hall–Kier alpha value is -1.75. The Labute approximate surface area is 126 Å². The third-order valence-electron chi connectivity index (χ3n) is 3.89. The molecule has 1 unspecified atom stereocenters. The molecule has 21 heavy (non-hydrogen) atoms. The highest BCUT2D eigenvalue weighted by Gasteiger charge is 2.23. The Kier molecular flexibility index (Phi) is 5.87. The Bertz CT molecular complexity index is 465. The van der Waals surface area contributed by atoms with E-state index in [1.165, 1.54) is 5.69 Å². The maximum atomic E-state index is 11.6. The molecule has 1 aromatic rings. The average molecular weight is 291 g/mol. The van der Waals surface area contributed by atoms with Crippen molar-refractivity contribution in [1.29, 1.82) is 0 Å². The third kappa shape index (κ3) is 4.63. The number of carbonyl (C=O) groups is 1. The van der Waals surface area contributed by atoms with Crippen LogP contribution < -0.4 is 20.3 Å². The number of carbonyl (C=O) groups excluding carboxylic acids is 1. The summed E-state index contributed by atoms with van der Waals surface area (Å²) >= 11 is 0. The summed E-state index contributed by atoms with van der Waals surface area (Å²) in [7, 11) is 3.54. The van der Waals surface area contributed by atoms with Gasteiger partial charge in [-0.2, -0.15) is 0 Å². The van der Waals surface area contributed by atoms with E-state index in [9.17, 15) is 4.79 Å². The minimum atomic E-state index is 0.129. The van der Waals surface area contributed by atoms with Gasteiger partial charge in [-0.3, -0.25) is 4.79 Å². The van der Waals surface area contributed by atoms with Crippen LogP contribution in [-0.4, -0.2) is 46.2 Å². The quantitative estimate of drug-likeness (QED) is 0.794. The molecule has 1 aliphatic rings. The molecule has 1 aromatic carbocycles. The van der Waals surface area contributed by atoms with Gasteiger partial charge in [-0.05, 0) is 31.5 Å². The van der Waals surface area contributed by atoms with E-state index < -0.39 is 0 Å². The normalized spacial score (nSPS) is 17.8. The van der Waals surface area contributed by atoms with Crippen LogP contribution in [0, 0.1) is 5.92 Å². The Balaban J connectivity index is 1.79. The summed E-state index contributed by atoms with van der Waals surface area (Å²) in [4.78, 5) is 14.0. The van der Waals surface area contributed by atoms with Crippen LogP contribution in [0.5, 0.6) is 5.75 Å². The molecule has 0 aliphatic carbocycles. The summed E-state index contributed by atoms with van der Waals surface area (Å²) in [5.74, 6) is 1.54. The number of amides is 1. The molecule has 0 spiro atoms. The second kappa shape index (κ2) is 7.88. The molecule has 0 radical (unpaired) electrons. The van der Waals surface area contributed by atoms with Crippen molar-refractivity contribution >= 4 is 11.6 Å². The molecule has 1 aliphatic heterocycles. The van der Waals surface area contributed by atoms with Crippen LogP contribution >= 0.6 is 0 Å². The lowest BCUT2D eigenvalue weighted by atomic mass is 10.1. The van der Waals surface area contributed by atoms with Gasteiger partial charge in [0.25, 0.3) is 0 Å². The van der Waals surface area contributed by atoms with E-state index in [4.69, 9.17) is 4.74 Å². The van der Waals surface area contributed by atoms with Crippen molar-refractivity contribution < 1.29 is 9.53 Å². The molecule has 0 bridgehead atoms. The highest BCUT2D eigenvalue weighted by molar-refractivity contribution is 5.76. The number of anilines is 1. The molecule has 1 fully saturated rings. The lowest BCUT2D eigenvalue weighted by molar-refractivity contribution is -0.121. The molecule has 5 heteroatoms. The first kappa shape index (κ1) is 15.6. The maximum absolute atomic E-state index is 11.6. The average Bonchev–Trinajstić information content (AvgIpc) is 3.00. The molecule has 5 nitrogen and oxygen atoms in total. The first-order valence-electron chi connectivity index (χ1n) is 7.53. The zero-order valence-electron chi connectivity index (χ0n) is 12.9. The van der Waals surface area contributed by atoms with Crippen LogP contribution in [0.2, 0.25) is 0 Å². The molecule has 0 aromatic heterocycles. The van der Waals surface area contributed by atoms with Gasteiger partial charge in [0.05, 0.1) is 7.11 Å². The minimum absolute atomic E-state index is 0.129. The number of ether oxygens (including phenoxy) is 1. The third-order valence-corrected chi connectivity index (χ3v) is 3.89. The lowest BCUT2D eigenvalue weighted by Crippen LogP contribution is -2.32. The summed E-state index contributed by atoms with van der Waals surface area (Å²) in [5.41, 5.74) is 1.19. The first-order valence-corrected chi connectivity index (χ1v) is 7.53. The van der Waals surface area contributed by atoms with Crippen molar-refractivity contribution in [3.63, 3.8) is 0 Å². The fourth-order valence-electron chi connectivity index (χ4n) is 2.63. The van der Waals surface area contributed by atoms with E-state index in [-0.39, 0.29) is 5.91 Å². The fraction of sp³-hybridized carbons (Fsp3) is 0.562. The van der Waals surface area contributed by atoms with Crippen molar-refractivity contribution in [3.8, 4) is 5.75 Å². The molecular formula is C16H25N3O2. The molecule has 2 N–H and O–H groups in total. The Morgan fingerprint density at radius 1 is 1.48 bits per heavy atom. The number of rotatable bonds is 7. The Morgan fingerprint density at radius 3 is 3.10 bits per heavy atom. The van der Waals surface area contributed by atoms with Crippen molar-refractivity contribution in [2.75, 3.05) is 45.2 Å². The highest BCUT2D eigenvalue weighted by Crippen LogP contribution is 2.26. The SMILES string of the molecule is CNCCC(=O)NCC1CCN(c2cccc(OC)c2)C1. The number of nitrogens with zero attached hydrogens (tertiary/aromatic N) is 1. The van der Waals surface area contributed by atoms with Gasteiger partial charge in [-0.15, -0.1) is 0 Å². The van der Waals surface area contributed by atoms with E-state index in [1.807, 2.05) is 19.2 Å². The van der Waals surface area contributed by atoms with Crippen LogP contribution in [0.25, 0.3) is 0 Å². The van der Waals surface area contributed by atoms with E-state index in [0.29, 0.717) is 12.3 Å². The molecule has 0 saturated carbocycles. The second-order valence-corrected chi connectivity index (χ2v) is 5.46. The van der Waals surface area contributed by atoms with Crippen molar-refractivity contribution in [2.24, 2.45) is 5.92 Å². The summed E-state index contributed by atoms with van der Waals surface area (Å²) in [5, 5.41) is 6.01. The smallest absolute Gasteiger partial charge is 0.221 e. The van der Waals surface area contributed by atoms with Crippen LogP contribution in [0.3, 0.4) is 0 Å². The molecular weight excluding hydrogens is 266 g/mol. The van der Waals surface area contributed by atoms with Gasteiger partial charge in [0, 0.05) is 44.4 Å². The fourth-order valence-corrected chi connectivity index (χ4v) is 2.63. The van der Waals surface area contributed by atoms with Gasteiger partial charge in [0.2, 0.25) is 5.91 Å². The van der Waals surface area contributed by atoms with Gasteiger partial charge in [0.1, 0.15) is 5.75 Å². The summed E-state index contributed by atoms with van der Waals surface area (Å²) in [6, 6.07) is 8.14.